The molecule has 4 aromatic carbocycles. The number of nitrogen functional groups attached to an aromatic ring is 2. The fraction of sp³-hybridized carbons (Fsp3) is 0. The number of aromatic nitrogens is 2. The molecule has 14 nitrogen and oxygen atoms in total. The van der Waals surface area contributed by atoms with Crippen LogP contribution in [0, 0.1) is 0 Å². The molecule has 0 spiro atoms. The van der Waals surface area contributed by atoms with E-state index < -0.39 is 35.4 Å². The number of carbonyl (C=O) groups is 6. The Hall–Kier alpha value is -7.65. The number of amides is 6. The second-order valence-electron chi connectivity index (χ2n) is 12.4. The van der Waals surface area contributed by atoms with Gasteiger partial charge in [0.25, 0.3) is 35.4 Å². The Labute approximate surface area is 316 Å². The van der Waals surface area contributed by atoms with Gasteiger partial charge in [-0.15, -0.1) is 0 Å². The lowest BCUT2D eigenvalue weighted by Gasteiger charge is -2.15. The smallest absolute Gasteiger partial charge is 0.266 e. The minimum absolute atomic E-state index is 0.114. The van der Waals surface area contributed by atoms with E-state index >= 15 is 0 Å². The molecule has 8 rings (SSSR count). The molecule has 2 aliphatic heterocycles. The summed E-state index contributed by atoms with van der Waals surface area (Å²) in [6.07, 6.45) is 2.83. The number of hydrogen-bond donors (Lipinski definition) is 4. The molecule has 0 saturated carbocycles. The summed E-state index contributed by atoms with van der Waals surface area (Å²) in [4.78, 5) is 90.7. The van der Waals surface area contributed by atoms with Crippen LogP contribution in [0.4, 0.5) is 34.4 Å². The zero-order chi connectivity index (χ0) is 38.4. The van der Waals surface area contributed by atoms with Crippen molar-refractivity contribution in [2.45, 2.75) is 9.79 Å². The van der Waals surface area contributed by atoms with E-state index in [0.29, 0.717) is 34.4 Å². The number of nitrogens with one attached hydrogen (secondary N) is 2. The van der Waals surface area contributed by atoms with Crippen LogP contribution in [-0.2, 0) is 0 Å². The average molecular weight is 747 g/mol. The van der Waals surface area contributed by atoms with Gasteiger partial charge in [-0.3, -0.25) is 28.8 Å². The maximum absolute atomic E-state index is 13.4. The van der Waals surface area contributed by atoms with E-state index in [4.69, 9.17) is 11.5 Å². The van der Waals surface area contributed by atoms with Gasteiger partial charge < -0.3 is 22.1 Å². The molecule has 0 aliphatic carbocycles. The Morgan fingerprint density at radius 2 is 0.873 bits per heavy atom. The number of hydrogen-bond acceptors (Lipinski definition) is 11. The number of rotatable bonds is 8. The van der Waals surface area contributed by atoms with E-state index in [1.54, 1.807) is 72.8 Å². The maximum atomic E-state index is 13.4. The number of pyridine rings is 2. The Kier molecular flexibility index (Phi) is 8.59. The number of nitrogens with zero attached hydrogens (tertiary/aromatic N) is 4. The van der Waals surface area contributed by atoms with Gasteiger partial charge in [-0.05, 0) is 109 Å². The summed E-state index contributed by atoms with van der Waals surface area (Å²) in [6.45, 7) is 0. The Morgan fingerprint density at radius 1 is 0.491 bits per heavy atom. The fourth-order valence-electron chi connectivity index (χ4n) is 6.06. The lowest BCUT2D eigenvalue weighted by atomic mass is 10.1. The molecule has 0 atom stereocenters. The molecule has 2 aliphatic rings. The van der Waals surface area contributed by atoms with E-state index in [1.807, 2.05) is 0 Å². The number of anilines is 6. The molecule has 268 valence electrons. The standard InChI is InChI=1S/C40H26N8O6S/c41-33-15-3-23(19-43-33)45-35(49)21-1-13-29-31(17-21)39(53)47(37(29)51)25-5-9-27(10-6-25)55-28-11-7-26(8-12-28)48-38(52)30-14-2-22(18-32(30)40(48)54)36(50)46-24-4-16-34(42)44-20-24/h1-20H,(H2,41,43)(H2,42,44)(H,45,49)(H,46,50). The average Bonchev–Trinajstić information content (AvgIpc) is 3.60. The molecule has 0 bridgehead atoms. The van der Waals surface area contributed by atoms with E-state index in [-0.39, 0.29) is 33.4 Å². The van der Waals surface area contributed by atoms with Gasteiger partial charge in [-0.25, -0.2) is 19.8 Å². The SMILES string of the molecule is Nc1ccc(NC(=O)c2ccc3c(c2)C(=O)N(c2ccc(Sc4ccc(N5C(=O)c6ccc(C(=O)Nc7ccc(N)nc7)cc6C5=O)cc4)cc2)C3=O)cn1. The van der Waals surface area contributed by atoms with Crippen LogP contribution in [0.1, 0.15) is 62.1 Å². The number of imide groups is 2. The molecule has 6 N–H and O–H groups in total. The van der Waals surface area contributed by atoms with Crippen molar-refractivity contribution in [3.8, 4) is 0 Å². The number of nitrogens with two attached hydrogens (primary N) is 2. The van der Waals surface area contributed by atoms with Crippen LogP contribution in [0.2, 0.25) is 0 Å². The van der Waals surface area contributed by atoms with Crippen LogP contribution in [0.15, 0.2) is 131 Å². The second kappa shape index (κ2) is 13.7. The van der Waals surface area contributed by atoms with Crippen molar-refractivity contribution in [1.29, 1.82) is 0 Å². The molecule has 0 unspecified atom stereocenters. The summed E-state index contributed by atoms with van der Waals surface area (Å²) in [5.74, 6) is -2.46. The monoisotopic (exact) mass is 746 g/mol. The molecule has 2 aromatic heterocycles. The van der Waals surface area contributed by atoms with E-state index in [1.165, 1.54) is 60.6 Å². The quantitative estimate of drug-likeness (QED) is 0.135. The van der Waals surface area contributed by atoms with Crippen LogP contribution in [0.5, 0.6) is 0 Å². The molecule has 15 heteroatoms. The summed E-state index contributed by atoms with van der Waals surface area (Å²) in [6, 6.07) is 28.6. The summed E-state index contributed by atoms with van der Waals surface area (Å²) >= 11 is 1.39. The highest BCUT2D eigenvalue weighted by Crippen LogP contribution is 2.35. The molecular weight excluding hydrogens is 721 g/mol. The third-order valence-corrected chi connectivity index (χ3v) is 9.83. The first-order chi connectivity index (χ1) is 26.5. The normalized spacial score (nSPS) is 13.2. The Bertz CT molecular complexity index is 2420. The van der Waals surface area contributed by atoms with Crippen LogP contribution in [0.25, 0.3) is 0 Å². The first kappa shape index (κ1) is 34.4. The molecule has 55 heavy (non-hydrogen) atoms. The van der Waals surface area contributed by atoms with Crippen molar-refractivity contribution in [2.24, 2.45) is 0 Å². The Morgan fingerprint density at radius 3 is 1.24 bits per heavy atom. The third-order valence-electron chi connectivity index (χ3n) is 8.81. The highest BCUT2D eigenvalue weighted by atomic mass is 32.2. The molecule has 0 radical (unpaired) electrons. The second-order valence-corrected chi connectivity index (χ2v) is 13.5. The highest BCUT2D eigenvalue weighted by Gasteiger charge is 2.38. The minimum Gasteiger partial charge on any atom is -0.384 e. The van der Waals surface area contributed by atoms with Crippen molar-refractivity contribution < 1.29 is 28.8 Å². The zero-order valence-corrected chi connectivity index (χ0v) is 29.2. The van der Waals surface area contributed by atoms with Crippen LogP contribution in [0.3, 0.4) is 0 Å². The van der Waals surface area contributed by atoms with Gasteiger partial charge in [0.1, 0.15) is 11.6 Å². The predicted molar refractivity (Wildman–Crippen MR) is 205 cm³/mol. The van der Waals surface area contributed by atoms with Crippen molar-refractivity contribution in [1.82, 2.24) is 9.97 Å². The van der Waals surface area contributed by atoms with E-state index in [9.17, 15) is 28.8 Å². The molecule has 0 saturated heterocycles. The van der Waals surface area contributed by atoms with Crippen molar-refractivity contribution in [3.05, 3.63) is 155 Å². The predicted octanol–water partition coefficient (Wildman–Crippen LogP) is 5.90. The molecule has 0 fully saturated rings. The third kappa shape index (κ3) is 6.51. The molecular formula is C40H26N8O6S. The maximum Gasteiger partial charge on any atom is 0.266 e. The van der Waals surface area contributed by atoms with E-state index in [0.717, 1.165) is 19.6 Å². The number of carbonyl (C=O) groups excluding carboxylic acids is 6. The summed E-state index contributed by atoms with van der Waals surface area (Å²) < 4.78 is 0. The lowest BCUT2D eigenvalue weighted by Crippen LogP contribution is -2.29. The van der Waals surface area contributed by atoms with Gasteiger partial charge in [-0.2, -0.15) is 0 Å². The van der Waals surface area contributed by atoms with Gasteiger partial charge in [0.2, 0.25) is 0 Å². The molecule has 6 aromatic rings. The summed E-state index contributed by atoms with van der Waals surface area (Å²) in [5, 5.41) is 5.38. The zero-order valence-electron chi connectivity index (χ0n) is 28.3. The van der Waals surface area contributed by atoms with Crippen LogP contribution < -0.4 is 31.9 Å². The first-order valence-corrected chi connectivity index (χ1v) is 17.3. The number of benzene rings is 4. The highest BCUT2D eigenvalue weighted by molar-refractivity contribution is 7.99. The van der Waals surface area contributed by atoms with Gasteiger partial charge >= 0.3 is 0 Å². The van der Waals surface area contributed by atoms with Crippen molar-refractivity contribution >= 4 is 81.6 Å². The largest absolute Gasteiger partial charge is 0.384 e. The van der Waals surface area contributed by atoms with Gasteiger partial charge in [0, 0.05) is 20.9 Å². The Balaban J connectivity index is 0.918. The fourth-order valence-corrected chi connectivity index (χ4v) is 6.88. The van der Waals surface area contributed by atoms with E-state index in [2.05, 4.69) is 20.6 Å². The summed E-state index contributed by atoms with van der Waals surface area (Å²) in [5.41, 5.74) is 13.8. The van der Waals surface area contributed by atoms with Gasteiger partial charge in [-0.1, -0.05) is 11.8 Å². The molecule has 4 heterocycles. The van der Waals surface area contributed by atoms with Gasteiger partial charge in [0.05, 0.1) is 57.4 Å². The van der Waals surface area contributed by atoms with Crippen molar-refractivity contribution in [2.75, 3.05) is 31.9 Å². The molecule has 6 amide bonds. The van der Waals surface area contributed by atoms with Crippen molar-refractivity contribution in [3.63, 3.8) is 0 Å². The lowest BCUT2D eigenvalue weighted by molar-refractivity contribution is 0.0910. The topological polar surface area (TPSA) is 211 Å². The van der Waals surface area contributed by atoms with Gasteiger partial charge in [0.15, 0.2) is 0 Å². The minimum atomic E-state index is -0.553. The van der Waals surface area contributed by atoms with Crippen LogP contribution >= 0.6 is 11.8 Å². The number of fused-ring (bicyclic) bond motifs is 2. The summed E-state index contributed by atoms with van der Waals surface area (Å²) in [7, 11) is 0. The van der Waals surface area contributed by atoms with Crippen LogP contribution in [-0.4, -0.2) is 45.4 Å². The first-order valence-electron chi connectivity index (χ1n) is 16.5.